The van der Waals surface area contributed by atoms with E-state index in [9.17, 15) is 9.59 Å². The third-order valence-electron chi connectivity index (χ3n) is 3.20. The second-order valence-electron chi connectivity index (χ2n) is 4.54. The predicted octanol–water partition coefficient (Wildman–Crippen LogP) is 1.40. The van der Waals surface area contributed by atoms with Crippen molar-refractivity contribution >= 4 is 44.4 Å². The molecule has 3 aromatic heterocycles. The second kappa shape index (κ2) is 5.15. The van der Waals surface area contributed by atoms with E-state index < -0.39 is 5.69 Å². The average Bonchev–Trinajstić information content (AvgIpc) is 3.07. The van der Waals surface area contributed by atoms with Gasteiger partial charge in [-0.2, -0.15) is 4.98 Å². The van der Waals surface area contributed by atoms with Crippen LogP contribution >= 0.6 is 27.3 Å². The monoisotopic (exact) mass is 369 g/mol. The van der Waals surface area contributed by atoms with Gasteiger partial charge in [0, 0.05) is 23.4 Å². The Morgan fingerprint density at radius 3 is 2.81 bits per heavy atom. The fourth-order valence-corrected chi connectivity index (χ4v) is 3.46. The maximum Gasteiger partial charge on any atom is 0.332 e. The molecular formula is C12H12BrN5O2S. The molecule has 0 unspecified atom stereocenters. The maximum atomic E-state index is 12.0. The summed E-state index contributed by atoms with van der Waals surface area (Å²) in [6, 6.07) is 1.97. The first-order chi connectivity index (χ1) is 9.99. The normalized spacial score (nSPS) is 11.2. The van der Waals surface area contributed by atoms with Crippen LogP contribution in [0.2, 0.25) is 0 Å². The van der Waals surface area contributed by atoms with Gasteiger partial charge in [-0.25, -0.2) is 4.79 Å². The van der Waals surface area contributed by atoms with E-state index in [4.69, 9.17) is 0 Å². The number of aryl methyl sites for hydroxylation is 1. The highest BCUT2D eigenvalue weighted by Gasteiger charge is 2.13. The molecule has 0 saturated carbocycles. The molecule has 2 N–H and O–H groups in total. The second-order valence-corrected chi connectivity index (χ2v) is 6.39. The molecule has 3 heterocycles. The van der Waals surface area contributed by atoms with E-state index >= 15 is 0 Å². The molecule has 0 saturated heterocycles. The highest BCUT2D eigenvalue weighted by Crippen LogP contribution is 2.23. The number of hydrogen-bond donors (Lipinski definition) is 2. The number of imidazole rings is 1. The minimum Gasteiger partial charge on any atom is -0.351 e. The van der Waals surface area contributed by atoms with Gasteiger partial charge in [0.25, 0.3) is 5.56 Å². The zero-order valence-corrected chi connectivity index (χ0v) is 13.7. The van der Waals surface area contributed by atoms with Gasteiger partial charge in [0.15, 0.2) is 11.2 Å². The number of aromatic nitrogens is 4. The van der Waals surface area contributed by atoms with Gasteiger partial charge in [0.2, 0.25) is 5.95 Å². The van der Waals surface area contributed by atoms with E-state index in [1.54, 1.807) is 18.4 Å². The standard InChI is InChI=1S/C12H12BrN5O2S/c1-17-9-8(10(19)18(2)12(17)20)15-11(16-9)14-5-7-6(13)3-4-21-7/h3-4H,5H2,1-2H3,(H2,14,15,16). The van der Waals surface area contributed by atoms with Crippen molar-refractivity contribution in [1.82, 2.24) is 19.1 Å². The highest BCUT2D eigenvalue weighted by molar-refractivity contribution is 9.10. The third-order valence-corrected chi connectivity index (χ3v) is 5.13. The van der Waals surface area contributed by atoms with Gasteiger partial charge >= 0.3 is 5.69 Å². The molecule has 0 aromatic carbocycles. The van der Waals surface area contributed by atoms with Crippen molar-refractivity contribution in [2.75, 3.05) is 5.32 Å². The lowest BCUT2D eigenvalue weighted by molar-refractivity contribution is 0.709. The Hall–Kier alpha value is -1.87. The average molecular weight is 370 g/mol. The van der Waals surface area contributed by atoms with E-state index in [1.807, 2.05) is 11.4 Å². The summed E-state index contributed by atoms with van der Waals surface area (Å²) in [6.45, 7) is 0.576. The van der Waals surface area contributed by atoms with Crippen molar-refractivity contribution in [3.05, 3.63) is 41.6 Å². The lowest BCUT2D eigenvalue weighted by atomic mass is 10.5. The number of halogens is 1. The van der Waals surface area contributed by atoms with Crippen LogP contribution in [0.3, 0.4) is 0 Å². The van der Waals surface area contributed by atoms with E-state index in [1.165, 1.54) is 11.6 Å². The fraction of sp³-hybridized carbons (Fsp3) is 0.250. The Morgan fingerprint density at radius 1 is 1.38 bits per heavy atom. The summed E-state index contributed by atoms with van der Waals surface area (Å²) in [5.74, 6) is 0.462. The molecule has 0 spiro atoms. The van der Waals surface area contributed by atoms with Crippen LogP contribution in [0.25, 0.3) is 11.2 Å². The third kappa shape index (κ3) is 2.32. The molecule has 0 aliphatic heterocycles. The lowest BCUT2D eigenvalue weighted by Gasteiger charge is -2.00. The first-order valence-electron chi connectivity index (χ1n) is 6.10. The molecule has 0 fully saturated rings. The Balaban J connectivity index is 2.00. The van der Waals surface area contributed by atoms with E-state index in [-0.39, 0.29) is 5.56 Å². The number of anilines is 1. The molecular weight excluding hydrogens is 358 g/mol. The van der Waals surface area contributed by atoms with E-state index in [0.29, 0.717) is 23.7 Å². The first-order valence-corrected chi connectivity index (χ1v) is 7.77. The van der Waals surface area contributed by atoms with Gasteiger partial charge in [-0.15, -0.1) is 11.3 Å². The summed E-state index contributed by atoms with van der Waals surface area (Å²) in [4.78, 5) is 32.2. The van der Waals surface area contributed by atoms with Crippen LogP contribution in [-0.2, 0) is 20.6 Å². The van der Waals surface area contributed by atoms with Crippen molar-refractivity contribution in [3.8, 4) is 0 Å². The Labute approximate surface area is 131 Å². The number of thiophene rings is 1. The molecule has 21 heavy (non-hydrogen) atoms. The first kappa shape index (κ1) is 14.1. The van der Waals surface area contributed by atoms with Crippen LogP contribution in [0.4, 0.5) is 5.95 Å². The predicted molar refractivity (Wildman–Crippen MR) is 85.9 cm³/mol. The smallest absolute Gasteiger partial charge is 0.332 e. The fourth-order valence-electron chi connectivity index (χ4n) is 2.03. The van der Waals surface area contributed by atoms with Crippen molar-refractivity contribution in [3.63, 3.8) is 0 Å². The molecule has 0 bridgehead atoms. The highest BCUT2D eigenvalue weighted by atomic mass is 79.9. The topological polar surface area (TPSA) is 84.7 Å². The molecule has 7 nitrogen and oxygen atoms in total. The molecule has 0 atom stereocenters. The van der Waals surface area contributed by atoms with Crippen molar-refractivity contribution in [1.29, 1.82) is 0 Å². The summed E-state index contributed by atoms with van der Waals surface area (Å²) in [6.07, 6.45) is 0. The summed E-state index contributed by atoms with van der Waals surface area (Å²) in [7, 11) is 3.03. The van der Waals surface area contributed by atoms with Crippen LogP contribution < -0.4 is 16.6 Å². The zero-order valence-electron chi connectivity index (χ0n) is 11.3. The quantitative estimate of drug-likeness (QED) is 0.730. The van der Waals surface area contributed by atoms with E-state index in [0.717, 1.165) is 13.9 Å². The number of aromatic amines is 1. The van der Waals surface area contributed by atoms with Crippen LogP contribution in [0, 0.1) is 0 Å². The molecule has 0 aliphatic rings. The van der Waals surface area contributed by atoms with Crippen LogP contribution in [0.1, 0.15) is 4.88 Å². The van der Waals surface area contributed by atoms with Gasteiger partial charge < -0.3 is 10.3 Å². The van der Waals surface area contributed by atoms with Crippen molar-refractivity contribution < 1.29 is 0 Å². The minimum absolute atomic E-state index is 0.312. The molecule has 3 rings (SSSR count). The number of rotatable bonds is 3. The van der Waals surface area contributed by atoms with Crippen LogP contribution in [0.15, 0.2) is 25.5 Å². The van der Waals surface area contributed by atoms with Gasteiger partial charge in [-0.05, 0) is 27.4 Å². The van der Waals surface area contributed by atoms with E-state index in [2.05, 4.69) is 31.2 Å². The largest absolute Gasteiger partial charge is 0.351 e. The summed E-state index contributed by atoms with van der Waals surface area (Å²) < 4.78 is 3.43. The molecule has 0 aliphatic carbocycles. The van der Waals surface area contributed by atoms with Gasteiger partial charge in [0.1, 0.15) is 0 Å². The maximum absolute atomic E-state index is 12.0. The van der Waals surface area contributed by atoms with Gasteiger partial charge in [-0.1, -0.05) is 0 Å². The van der Waals surface area contributed by atoms with Gasteiger partial charge in [-0.3, -0.25) is 13.9 Å². The van der Waals surface area contributed by atoms with Crippen molar-refractivity contribution in [2.45, 2.75) is 6.54 Å². The number of nitrogens with one attached hydrogen (secondary N) is 2. The number of hydrogen-bond acceptors (Lipinski definition) is 5. The molecule has 110 valence electrons. The SMILES string of the molecule is Cn1c(=O)c2[nH]c(NCc3sccc3Br)nc2n(C)c1=O. The lowest BCUT2D eigenvalue weighted by Crippen LogP contribution is -2.36. The molecule has 3 aromatic rings. The number of fused-ring (bicyclic) bond motifs is 1. The zero-order chi connectivity index (χ0) is 15.1. The molecule has 0 radical (unpaired) electrons. The summed E-state index contributed by atoms with van der Waals surface area (Å²) in [5, 5.41) is 5.11. The van der Waals surface area contributed by atoms with Crippen molar-refractivity contribution in [2.24, 2.45) is 14.1 Å². The van der Waals surface area contributed by atoms with Crippen LogP contribution in [0.5, 0.6) is 0 Å². The summed E-state index contributed by atoms with van der Waals surface area (Å²) >= 11 is 5.07. The Kier molecular flexibility index (Phi) is 3.46. The number of nitrogens with zero attached hydrogens (tertiary/aromatic N) is 3. The Morgan fingerprint density at radius 2 is 2.14 bits per heavy atom. The minimum atomic E-state index is -0.397. The summed E-state index contributed by atoms with van der Waals surface area (Å²) in [5.41, 5.74) is -0.124. The van der Waals surface area contributed by atoms with Crippen LogP contribution in [-0.4, -0.2) is 19.1 Å². The molecule has 9 heteroatoms. The molecule has 0 amide bonds. The number of H-pyrrole nitrogens is 1. The Bertz CT molecular complexity index is 935. The van der Waals surface area contributed by atoms with Gasteiger partial charge in [0.05, 0.1) is 6.54 Å².